The van der Waals surface area contributed by atoms with Crippen LogP contribution in [0.5, 0.6) is 0 Å². The smallest absolute Gasteiger partial charge is 0.123 e. The summed E-state index contributed by atoms with van der Waals surface area (Å²) in [5.74, 6) is 1.56. The van der Waals surface area contributed by atoms with Crippen LogP contribution in [0.3, 0.4) is 0 Å². The summed E-state index contributed by atoms with van der Waals surface area (Å²) in [4.78, 5) is 4.58. The van der Waals surface area contributed by atoms with Gasteiger partial charge in [0, 0.05) is 12.6 Å². The van der Waals surface area contributed by atoms with Gasteiger partial charge < -0.3 is 10.3 Å². The summed E-state index contributed by atoms with van der Waals surface area (Å²) < 4.78 is 2.96. The van der Waals surface area contributed by atoms with E-state index in [1.807, 2.05) is 11.6 Å². The third-order valence-corrected chi connectivity index (χ3v) is 4.08. The Bertz CT molecular complexity index is 556. The molecule has 3 nitrogen and oxygen atoms in total. The minimum atomic E-state index is 0.445. The summed E-state index contributed by atoms with van der Waals surface area (Å²) in [6.07, 6.45) is 1.11. The molecule has 0 spiro atoms. The normalized spacial score (nSPS) is 11.3. The van der Waals surface area contributed by atoms with Crippen LogP contribution in [-0.4, -0.2) is 9.55 Å². The number of nitrogens with two attached hydrogens (primary N) is 1. The lowest BCUT2D eigenvalue weighted by molar-refractivity contribution is 0.647. The quantitative estimate of drug-likeness (QED) is 0.936. The van der Waals surface area contributed by atoms with Gasteiger partial charge >= 0.3 is 0 Å². The molecule has 2 rings (SSSR count). The van der Waals surface area contributed by atoms with E-state index in [0.29, 0.717) is 12.5 Å². The molecule has 0 radical (unpaired) electrons. The van der Waals surface area contributed by atoms with Crippen molar-refractivity contribution < 1.29 is 0 Å². The molecule has 19 heavy (non-hydrogen) atoms. The van der Waals surface area contributed by atoms with E-state index in [2.05, 4.69) is 59.0 Å². The Morgan fingerprint density at radius 1 is 1.26 bits per heavy atom. The van der Waals surface area contributed by atoms with Gasteiger partial charge in [-0.3, -0.25) is 0 Å². The second-order valence-electron chi connectivity index (χ2n) is 5.23. The zero-order valence-electron chi connectivity index (χ0n) is 11.7. The zero-order chi connectivity index (χ0) is 14.0. The molecule has 4 heteroatoms. The molecule has 0 saturated carbocycles. The zero-order valence-corrected chi connectivity index (χ0v) is 13.2. The molecule has 0 aliphatic carbocycles. The molecule has 0 bridgehead atoms. The highest BCUT2D eigenvalue weighted by atomic mass is 79.9. The van der Waals surface area contributed by atoms with Gasteiger partial charge in [-0.25, -0.2) is 4.98 Å². The van der Waals surface area contributed by atoms with E-state index in [0.717, 1.165) is 28.1 Å². The van der Waals surface area contributed by atoms with Crippen LogP contribution >= 0.6 is 15.9 Å². The Labute approximate surface area is 123 Å². The van der Waals surface area contributed by atoms with E-state index in [4.69, 9.17) is 5.73 Å². The monoisotopic (exact) mass is 321 g/mol. The maximum atomic E-state index is 5.69. The minimum absolute atomic E-state index is 0.445. The summed E-state index contributed by atoms with van der Waals surface area (Å²) in [6, 6.07) is 8.62. The molecule has 0 atom stereocenters. The van der Waals surface area contributed by atoms with E-state index < -0.39 is 0 Å². The first kappa shape index (κ1) is 14.3. The van der Waals surface area contributed by atoms with E-state index in [-0.39, 0.29) is 0 Å². The first-order valence-corrected chi connectivity index (χ1v) is 7.32. The SMILES string of the molecule is CC(C)Cc1ccc(-c2nc(CN)n(C)c2Br)cc1. The summed E-state index contributed by atoms with van der Waals surface area (Å²) in [6.45, 7) is 4.91. The Morgan fingerprint density at radius 2 is 1.89 bits per heavy atom. The first-order valence-electron chi connectivity index (χ1n) is 6.53. The molecule has 1 heterocycles. The van der Waals surface area contributed by atoms with Crippen molar-refractivity contribution in [3.8, 4) is 11.3 Å². The maximum absolute atomic E-state index is 5.69. The number of hydrogen-bond donors (Lipinski definition) is 1. The third-order valence-electron chi connectivity index (χ3n) is 3.17. The molecule has 0 amide bonds. The highest BCUT2D eigenvalue weighted by Crippen LogP contribution is 2.28. The predicted octanol–water partition coefficient (Wildman–Crippen LogP) is 3.51. The Kier molecular flexibility index (Phi) is 4.42. The molecule has 2 aromatic rings. The van der Waals surface area contributed by atoms with Gasteiger partial charge in [-0.15, -0.1) is 0 Å². The lowest BCUT2D eigenvalue weighted by Gasteiger charge is -2.05. The lowest BCUT2D eigenvalue weighted by Crippen LogP contribution is -2.04. The van der Waals surface area contributed by atoms with Crippen LogP contribution < -0.4 is 5.73 Å². The summed E-state index contributed by atoms with van der Waals surface area (Å²) in [5, 5.41) is 0. The van der Waals surface area contributed by atoms with Gasteiger partial charge in [0.15, 0.2) is 0 Å². The minimum Gasteiger partial charge on any atom is -0.324 e. The Morgan fingerprint density at radius 3 is 2.37 bits per heavy atom. The fraction of sp³-hybridized carbons (Fsp3) is 0.400. The van der Waals surface area contributed by atoms with Crippen molar-refractivity contribution in [2.45, 2.75) is 26.8 Å². The predicted molar refractivity (Wildman–Crippen MR) is 82.8 cm³/mol. The van der Waals surface area contributed by atoms with Crippen molar-refractivity contribution in [1.82, 2.24) is 9.55 Å². The van der Waals surface area contributed by atoms with Crippen molar-refractivity contribution >= 4 is 15.9 Å². The summed E-state index contributed by atoms with van der Waals surface area (Å²) in [5.41, 5.74) is 9.13. The van der Waals surface area contributed by atoms with Crippen LogP contribution in [0.15, 0.2) is 28.9 Å². The first-order chi connectivity index (χ1) is 9.02. The van der Waals surface area contributed by atoms with Gasteiger partial charge in [-0.2, -0.15) is 0 Å². The van der Waals surface area contributed by atoms with E-state index in [9.17, 15) is 0 Å². The number of nitrogens with zero attached hydrogens (tertiary/aromatic N) is 2. The van der Waals surface area contributed by atoms with Gasteiger partial charge in [-0.05, 0) is 33.8 Å². The fourth-order valence-corrected chi connectivity index (χ4v) is 2.68. The van der Waals surface area contributed by atoms with Crippen LogP contribution in [0.25, 0.3) is 11.3 Å². The van der Waals surface area contributed by atoms with Crippen molar-refractivity contribution in [3.63, 3.8) is 0 Å². The van der Waals surface area contributed by atoms with E-state index >= 15 is 0 Å². The lowest BCUT2D eigenvalue weighted by atomic mass is 10.0. The van der Waals surface area contributed by atoms with Gasteiger partial charge in [0.2, 0.25) is 0 Å². The third kappa shape index (κ3) is 3.07. The molecule has 0 saturated heterocycles. The van der Waals surface area contributed by atoms with Crippen molar-refractivity contribution in [2.24, 2.45) is 18.7 Å². The summed E-state index contributed by atoms with van der Waals surface area (Å²) in [7, 11) is 1.97. The topological polar surface area (TPSA) is 43.8 Å². The second-order valence-corrected chi connectivity index (χ2v) is 5.98. The fourth-order valence-electron chi connectivity index (χ4n) is 2.16. The van der Waals surface area contributed by atoms with Crippen LogP contribution in [0.2, 0.25) is 0 Å². The van der Waals surface area contributed by atoms with Crippen LogP contribution in [-0.2, 0) is 20.0 Å². The van der Waals surface area contributed by atoms with Crippen molar-refractivity contribution in [3.05, 3.63) is 40.3 Å². The van der Waals surface area contributed by atoms with E-state index in [1.165, 1.54) is 5.56 Å². The number of imidazole rings is 1. The highest BCUT2D eigenvalue weighted by Gasteiger charge is 2.13. The van der Waals surface area contributed by atoms with Crippen LogP contribution in [0, 0.1) is 5.92 Å². The molecular formula is C15H20BrN3. The number of halogens is 1. The van der Waals surface area contributed by atoms with E-state index in [1.54, 1.807) is 0 Å². The van der Waals surface area contributed by atoms with Crippen molar-refractivity contribution in [2.75, 3.05) is 0 Å². The number of hydrogen-bond acceptors (Lipinski definition) is 2. The number of benzene rings is 1. The second kappa shape index (κ2) is 5.88. The molecule has 0 unspecified atom stereocenters. The van der Waals surface area contributed by atoms with Crippen molar-refractivity contribution in [1.29, 1.82) is 0 Å². The molecule has 102 valence electrons. The molecule has 0 aliphatic heterocycles. The largest absolute Gasteiger partial charge is 0.324 e. The van der Waals surface area contributed by atoms with Gasteiger partial charge in [-0.1, -0.05) is 38.1 Å². The average Bonchev–Trinajstić information content (AvgIpc) is 2.66. The number of aromatic nitrogens is 2. The standard InChI is InChI=1S/C15H20BrN3/c1-10(2)8-11-4-6-12(7-5-11)14-15(16)19(3)13(9-17)18-14/h4-7,10H,8-9,17H2,1-3H3. The molecular weight excluding hydrogens is 302 g/mol. The number of rotatable bonds is 4. The molecule has 0 aliphatic rings. The Hall–Kier alpha value is -1.13. The van der Waals surface area contributed by atoms with Crippen LogP contribution in [0.1, 0.15) is 25.2 Å². The van der Waals surface area contributed by atoms with Gasteiger partial charge in [0.25, 0.3) is 0 Å². The highest BCUT2D eigenvalue weighted by molar-refractivity contribution is 9.10. The maximum Gasteiger partial charge on any atom is 0.123 e. The van der Waals surface area contributed by atoms with Gasteiger partial charge in [0.05, 0.1) is 6.54 Å². The molecule has 0 fully saturated rings. The van der Waals surface area contributed by atoms with Crippen LogP contribution in [0.4, 0.5) is 0 Å². The molecule has 1 aromatic heterocycles. The molecule has 2 N–H and O–H groups in total. The summed E-state index contributed by atoms with van der Waals surface area (Å²) >= 11 is 3.58. The Balaban J connectivity index is 2.32. The average molecular weight is 322 g/mol. The van der Waals surface area contributed by atoms with Gasteiger partial charge in [0.1, 0.15) is 16.1 Å². The molecule has 1 aromatic carbocycles.